The van der Waals surface area contributed by atoms with Gasteiger partial charge in [-0.2, -0.15) is 0 Å². The van der Waals surface area contributed by atoms with E-state index in [9.17, 15) is 0 Å². The quantitative estimate of drug-likeness (QED) is 0.358. The van der Waals surface area contributed by atoms with Crippen LogP contribution in [0.3, 0.4) is 0 Å². The largest absolute Gasteiger partial charge is 0.212 e. The smallest absolute Gasteiger partial charge is 0.121 e. The van der Waals surface area contributed by atoms with Crippen molar-refractivity contribution in [1.82, 2.24) is 15.0 Å². The molecule has 0 saturated heterocycles. The van der Waals surface area contributed by atoms with Crippen LogP contribution in [0.1, 0.15) is 52.7 Å². The summed E-state index contributed by atoms with van der Waals surface area (Å²) in [5.74, 6) is 0. The molecule has 3 nitrogen and oxygen atoms in total. The van der Waals surface area contributed by atoms with Gasteiger partial charge in [-0.3, -0.25) is 0 Å². The lowest BCUT2D eigenvalue weighted by Gasteiger charge is -2.19. The van der Waals surface area contributed by atoms with Gasteiger partial charge in [-0.25, -0.2) is 4.68 Å². The van der Waals surface area contributed by atoms with Crippen molar-refractivity contribution in [3.8, 4) is 28.2 Å². The molecule has 3 heteroatoms. The summed E-state index contributed by atoms with van der Waals surface area (Å²) in [4.78, 5) is 0. The fourth-order valence-corrected chi connectivity index (χ4v) is 3.74. The van der Waals surface area contributed by atoms with E-state index in [0.717, 1.165) is 28.2 Å². The molecular weight excluding hydrogens is 378 g/mol. The third-order valence-electron chi connectivity index (χ3n) is 5.72. The molecule has 1 aromatic heterocycles. The zero-order chi connectivity index (χ0) is 22.2. The summed E-state index contributed by atoms with van der Waals surface area (Å²) in [6, 6.07) is 27.7. The Balaban J connectivity index is 1.84. The summed E-state index contributed by atoms with van der Waals surface area (Å²) >= 11 is 0. The highest BCUT2D eigenvalue weighted by Gasteiger charge is 2.20. The van der Waals surface area contributed by atoms with Gasteiger partial charge in [0.15, 0.2) is 0 Å². The van der Waals surface area contributed by atoms with Gasteiger partial charge in [-0.1, -0.05) is 113 Å². The van der Waals surface area contributed by atoms with Gasteiger partial charge in [0.05, 0.1) is 5.69 Å². The minimum absolute atomic E-state index is 0.114. The predicted octanol–water partition coefficient (Wildman–Crippen LogP) is 7.20. The molecule has 0 amide bonds. The van der Waals surface area contributed by atoms with Crippen LogP contribution in [0, 0.1) is 0 Å². The average Bonchev–Trinajstić information content (AvgIpc) is 3.18. The zero-order valence-electron chi connectivity index (χ0n) is 19.3. The molecule has 0 radical (unpaired) electrons. The Morgan fingerprint density at radius 1 is 0.581 bits per heavy atom. The fraction of sp³-hybridized carbons (Fsp3) is 0.286. The molecule has 0 atom stereocenters. The van der Waals surface area contributed by atoms with Gasteiger partial charge in [-0.05, 0) is 34.1 Å². The van der Waals surface area contributed by atoms with Crippen LogP contribution in [0.25, 0.3) is 28.2 Å². The predicted molar refractivity (Wildman–Crippen MR) is 130 cm³/mol. The highest BCUT2D eigenvalue weighted by molar-refractivity contribution is 5.79. The van der Waals surface area contributed by atoms with Gasteiger partial charge in [0, 0.05) is 11.1 Å². The second-order valence-electron chi connectivity index (χ2n) is 10.2. The van der Waals surface area contributed by atoms with Crippen molar-refractivity contribution in [2.45, 2.75) is 52.4 Å². The van der Waals surface area contributed by atoms with Gasteiger partial charge in [-0.15, -0.1) is 5.10 Å². The van der Waals surface area contributed by atoms with Gasteiger partial charge in [0.2, 0.25) is 0 Å². The Morgan fingerprint density at radius 3 is 1.61 bits per heavy atom. The first kappa shape index (κ1) is 21.0. The van der Waals surface area contributed by atoms with Crippen LogP contribution in [-0.2, 0) is 10.8 Å². The lowest BCUT2D eigenvalue weighted by molar-refractivity contribution is 0.590. The monoisotopic (exact) mass is 409 g/mol. The Morgan fingerprint density at radius 2 is 1.10 bits per heavy atom. The highest BCUT2D eigenvalue weighted by atomic mass is 15.4. The molecule has 0 aliphatic rings. The molecule has 0 aliphatic carbocycles. The van der Waals surface area contributed by atoms with Crippen LogP contribution < -0.4 is 0 Å². The molecule has 158 valence electrons. The number of aromatic nitrogens is 3. The molecule has 0 spiro atoms. The standard InChI is InChI=1S/C28H31N3/c1-27(2,3)22-14-12-20(13-15-22)25-26(21-10-8-7-9-11-21)31(30-29-25)24-18-16-23(17-19-24)28(4,5)6/h7-19H,1-6H3. The molecule has 31 heavy (non-hydrogen) atoms. The summed E-state index contributed by atoms with van der Waals surface area (Å²) in [5.41, 5.74) is 7.93. The van der Waals surface area contributed by atoms with Crippen LogP contribution in [0.2, 0.25) is 0 Å². The van der Waals surface area contributed by atoms with Crippen LogP contribution in [0.4, 0.5) is 0 Å². The van der Waals surface area contributed by atoms with Crippen molar-refractivity contribution >= 4 is 0 Å². The van der Waals surface area contributed by atoms with E-state index in [1.807, 2.05) is 10.7 Å². The summed E-state index contributed by atoms with van der Waals surface area (Å²) in [7, 11) is 0. The second-order valence-corrected chi connectivity index (χ2v) is 10.2. The van der Waals surface area contributed by atoms with Crippen molar-refractivity contribution in [3.05, 3.63) is 90.0 Å². The maximum Gasteiger partial charge on any atom is 0.121 e. The Kier molecular flexibility index (Phi) is 5.30. The van der Waals surface area contributed by atoms with E-state index in [1.54, 1.807) is 0 Å². The molecule has 1 heterocycles. The van der Waals surface area contributed by atoms with E-state index in [2.05, 4.69) is 125 Å². The molecule has 0 bridgehead atoms. The first-order valence-corrected chi connectivity index (χ1v) is 10.9. The normalized spacial score (nSPS) is 12.2. The summed E-state index contributed by atoms with van der Waals surface area (Å²) in [6.07, 6.45) is 0. The molecule has 0 fully saturated rings. The summed E-state index contributed by atoms with van der Waals surface area (Å²) in [5, 5.41) is 9.18. The first-order valence-electron chi connectivity index (χ1n) is 10.9. The SMILES string of the molecule is CC(C)(C)c1ccc(-c2nnn(-c3ccc(C(C)(C)C)cc3)c2-c2ccccc2)cc1. The first-order chi connectivity index (χ1) is 14.6. The molecule has 0 aliphatic heterocycles. The van der Waals surface area contributed by atoms with E-state index in [0.29, 0.717) is 0 Å². The van der Waals surface area contributed by atoms with Crippen molar-refractivity contribution in [1.29, 1.82) is 0 Å². The lowest BCUT2D eigenvalue weighted by Crippen LogP contribution is -2.11. The van der Waals surface area contributed by atoms with E-state index in [4.69, 9.17) is 0 Å². The van der Waals surface area contributed by atoms with Gasteiger partial charge >= 0.3 is 0 Å². The number of nitrogens with zero attached hydrogens (tertiary/aromatic N) is 3. The van der Waals surface area contributed by atoms with Crippen molar-refractivity contribution in [2.75, 3.05) is 0 Å². The Hall–Kier alpha value is -3.20. The van der Waals surface area contributed by atoms with Crippen LogP contribution in [-0.4, -0.2) is 15.0 Å². The molecule has 0 saturated carbocycles. The second kappa shape index (κ2) is 7.81. The van der Waals surface area contributed by atoms with Gasteiger partial charge in [0.1, 0.15) is 11.4 Å². The van der Waals surface area contributed by atoms with E-state index in [-0.39, 0.29) is 10.8 Å². The molecule has 3 aromatic carbocycles. The Bertz CT molecular complexity index is 1080. The summed E-state index contributed by atoms with van der Waals surface area (Å²) < 4.78 is 1.95. The molecule has 4 aromatic rings. The average molecular weight is 410 g/mol. The van der Waals surface area contributed by atoms with Crippen LogP contribution in [0.5, 0.6) is 0 Å². The maximum absolute atomic E-state index is 4.62. The third-order valence-corrected chi connectivity index (χ3v) is 5.72. The van der Waals surface area contributed by atoms with E-state index < -0.39 is 0 Å². The molecule has 0 unspecified atom stereocenters. The summed E-state index contributed by atoms with van der Waals surface area (Å²) in [6.45, 7) is 13.4. The number of hydrogen-bond donors (Lipinski definition) is 0. The van der Waals surface area contributed by atoms with Crippen molar-refractivity contribution in [2.24, 2.45) is 0 Å². The zero-order valence-corrected chi connectivity index (χ0v) is 19.3. The minimum Gasteiger partial charge on any atom is -0.212 e. The van der Waals surface area contributed by atoms with Crippen molar-refractivity contribution < 1.29 is 0 Å². The van der Waals surface area contributed by atoms with Crippen LogP contribution >= 0.6 is 0 Å². The van der Waals surface area contributed by atoms with Gasteiger partial charge < -0.3 is 0 Å². The topological polar surface area (TPSA) is 30.7 Å². The van der Waals surface area contributed by atoms with Crippen LogP contribution in [0.15, 0.2) is 78.9 Å². The minimum atomic E-state index is 0.114. The molecule has 4 rings (SSSR count). The highest BCUT2D eigenvalue weighted by Crippen LogP contribution is 2.34. The lowest BCUT2D eigenvalue weighted by atomic mass is 9.86. The third kappa shape index (κ3) is 4.32. The van der Waals surface area contributed by atoms with E-state index >= 15 is 0 Å². The maximum atomic E-state index is 4.62. The van der Waals surface area contributed by atoms with E-state index in [1.165, 1.54) is 11.1 Å². The molecular formula is C28H31N3. The fourth-order valence-electron chi connectivity index (χ4n) is 3.74. The number of rotatable bonds is 3. The van der Waals surface area contributed by atoms with Crippen molar-refractivity contribution in [3.63, 3.8) is 0 Å². The Labute approximate surface area is 185 Å². The van der Waals surface area contributed by atoms with Gasteiger partial charge in [0.25, 0.3) is 0 Å². The molecule has 0 N–H and O–H groups in total. The number of benzene rings is 3. The number of hydrogen-bond acceptors (Lipinski definition) is 2.